The molecule has 0 aliphatic rings. The largest absolute Gasteiger partial charge is 0.462 e. The number of halogens is 1. The van der Waals surface area contributed by atoms with E-state index in [1.54, 1.807) is 42.7 Å². The number of esters is 1. The third-order valence-corrected chi connectivity index (χ3v) is 4.92. The smallest absolute Gasteiger partial charge is 0.339 e. The van der Waals surface area contributed by atoms with Crippen LogP contribution in [0.2, 0.25) is 5.02 Å². The van der Waals surface area contributed by atoms with Crippen LogP contribution in [0.5, 0.6) is 0 Å². The minimum atomic E-state index is -0.446. The van der Waals surface area contributed by atoms with Gasteiger partial charge in [0.25, 0.3) is 0 Å². The number of nitrogens with zero attached hydrogens (tertiary/aromatic N) is 3. The number of benzene rings is 1. The minimum Gasteiger partial charge on any atom is -0.462 e. The van der Waals surface area contributed by atoms with Crippen molar-refractivity contribution in [1.29, 1.82) is 0 Å². The van der Waals surface area contributed by atoms with Crippen LogP contribution in [0.1, 0.15) is 28.0 Å². The number of ether oxygens (including phenoxy) is 1. The first-order valence-electron chi connectivity index (χ1n) is 7.99. The van der Waals surface area contributed by atoms with Crippen molar-refractivity contribution in [3.63, 3.8) is 0 Å². The number of hydrogen-bond donors (Lipinski definition) is 1. The molecule has 2 heterocycles. The van der Waals surface area contributed by atoms with E-state index in [-0.39, 0.29) is 0 Å². The Morgan fingerprint density at radius 2 is 2.08 bits per heavy atom. The molecule has 1 N–H and O–H groups in total. The van der Waals surface area contributed by atoms with Gasteiger partial charge < -0.3 is 10.1 Å². The second-order valence-corrected chi connectivity index (χ2v) is 7.06. The number of anilines is 2. The normalized spacial score (nSPS) is 10.6. The van der Waals surface area contributed by atoms with E-state index < -0.39 is 5.97 Å². The Labute approximate surface area is 160 Å². The molecule has 26 heavy (non-hydrogen) atoms. The molecule has 0 amide bonds. The highest BCUT2D eigenvalue weighted by atomic mass is 35.5. The fraction of sp³-hybridized carbons (Fsp3) is 0.222. The van der Waals surface area contributed by atoms with E-state index in [0.717, 1.165) is 21.3 Å². The van der Waals surface area contributed by atoms with Gasteiger partial charge in [-0.15, -0.1) is 11.3 Å². The molecule has 0 radical (unpaired) electrons. The summed E-state index contributed by atoms with van der Waals surface area (Å²) in [6.07, 6.45) is 1.69. The van der Waals surface area contributed by atoms with Gasteiger partial charge >= 0.3 is 5.97 Å². The average molecular weight is 389 g/mol. The lowest BCUT2D eigenvalue weighted by molar-refractivity contribution is 0.0526. The van der Waals surface area contributed by atoms with Crippen LogP contribution in [-0.2, 0) is 4.74 Å². The van der Waals surface area contributed by atoms with E-state index >= 15 is 0 Å². The molecular formula is C18H17ClN4O2S. The van der Waals surface area contributed by atoms with Crippen LogP contribution in [0.3, 0.4) is 0 Å². The van der Waals surface area contributed by atoms with Gasteiger partial charge in [0.2, 0.25) is 5.95 Å². The predicted octanol–water partition coefficient (Wildman–Crippen LogP) is 4.79. The van der Waals surface area contributed by atoms with E-state index in [1.165, 1.54) is 0 Å². The molecule has 0 atom stereocenters. The zero-order valence-corrected chi connectivity index (χ0v) is 16.1. The summed E-state index contributed by atoms with van der Waals surface area (Å²) in [5.41, 5.74) is 2.75. The van der Waals surface area contributed by atoms with Crippen molar-refractivity contribution >= 4 is 40.5 Å². The quantitative estimate of drug-likeness (QED) is 0.633. The fourth-order valence-electron chi connectivity index (χ4n) is 2.41. The topological polar surface area (TPSA) is 77.0 Å². The Kier molecular flexibility index (Phi) is 5.49. The maximum atomic E-state index is 11.8. The second kappa shape index (κ2) is 7.80. The Bertz CT molecular complexity index is 958. The first-order valence-corrected chi connectivity index (χ1v) is 9.18. The van der Waals surface area contributed by atoms with E-state index in [2.05, 4.69) is 20.3 Å². The van der Waals surface area contributed by atoms with Crippen molar-refractivity contribution in [2.75, 3.05) is 11.9 Å². The van der Waals surface area contributed by atoms with Gasteiger partial charge in [-0.05, 0) is 45.0 Å². The van der Waals surface area contributed by atoms with Crippen LogP contribution in [0.4, 0.5) is 11.6 Å². The molecule has 0 saturated carbocycles. The molecule has 3 rings (SSSR count). The van der Waals surface area contributed by atoms with Crippen LogP contribution >= 0.6 is 22.9 Å². The van der Waals surface area contributed by atoms with Gasteiger partial charge in [0.1, 0.15) is 0 Å². The van der Waals surface area contributed by atoms with Gasteiger partial charge in [-0.3, -0.25) is 0 Å². The van der Waals surface area contributed by atoms with E-state index in [9.17, 15) is 4.79 Å². The van der Waals surface area contributed by atoms with Gasteiger partial charge in [0, 0.05) is 11.9 Å². The lowest BCUT2D eigenvalue weighted by Gasteiger charge is -2.09. The Morgan fingerprint density at radius 3 is 2.73 bits per heavy atom. The van der Waals surface area contributed by atoms with Crippen molar-refractivity contribution in [3.05, 3.63) is 51.7 Å². The lowest BCUT2D eigenvalue weighted by atomic mass is 10.2. The van der Waals surface area contributed by atoms with Gasteiger partial charge in [0.15, 0.2) is 0 Å². The third-order valence-electron chi connectivity index (χ3n) is 3.51. The number of rotatable bonds is 5. The summed E-state index contributed by atoms with van der Waals surface area (Å²) < 4.78 is 4.97. The number of carbonyl (C=O) groups is 1. The lowest BCUT2D eigenvalue weighted by Crippen LogP contribution is -2.06. The van der Waals surface area contributed by atoms with Crippen molar-refractivity contribution < 1.29 is 9.53 Å². The van der Waals surface area contributed by atoms with Gasteiger partial charge in [-0.2, -0.15) is 0 Å². The molecule has 0 fully saturated rings. The number of aromatic nitrogens is 3. The van der Waals surface area contributed by atoms with E-state index in [4.69, 9.17) is 16.3 Å². The van der Waals surface area contributed by atoms with Gasteiger partial charge in [0.05, 0.1) is 38.5 Å². The molecule has 0 spiro atoms. The molecular weight excluding hydrogens is 372 g/mol. The molecule has 0 unspecified atom stereocenters. The standard InChI is InChI=1S/C18H17ClN4O2S/c1-4-25-17(24)13-6-5-12(9-14(13)19)22-18-20-8-7-15(23-18)16-10(2)21-11(3)26-16/h5-9H,4H2,1-3H3,(H,20,22,23). The number of nitrogens with one attached hydrogen (secondary N) is 1. The van der Waals surface area contributed by atoms with Crippen LogP contribution in [-0.4, -0.2) is 27.5 Å². The molecule has 0 bridgehead atoms. The summed E-state index contributed by atoms with van der Waals surface area (Å²) in [4.78, 5) is 26.0. The van der Waals surface area contributed by atoms with Crippen LogP contribution < -0.4 is 5.32 Å². The monoisotopic (exact) mass is 388 g/mol. The number of thiazole rings is 1. The first-order chi connectivity index (χ1) is 12.5. The molecule has 2 aromatic heterocycles. The molecule has 0 aliphatic heterocycles. The Balaban J connectivity index is 1.83. The Morgan fingerprint density at radius 1 is 1.27 bits per heavy atom. The summed E-state index contributed by atoms with van der Waals surface area (Å²) in [5.74, 6) is -0.00811. The zero-order chi connectivity index (χ0) is 18.7. The van der Waals surface area contributed by atoms with Gasteiger partial charge in [-0.1, -0.05) is 11.6 Å². The number of aryl methyl sites for hydroxylation is 2. The SMILES string of the molecule is CCOC(=O)c1ccc(Nc2nccc(-c3sc(C)nc3C)n2)cc1Cl. The average Bonchev–Trinajstić information content (AvgIpc) is 2.94. The molecule has 6 nitrogen and oxygen atoms in total. The van der Waals surface area contributed by atoms with Crippen molar-refractivity contribution in [2.24, 2.45) is 0 Å². The first kappa shape index (κ1) is 18.3. The molecule has 0 saturated heterocycles. The second-order valence-electron chi connectivity index (χ2n) is 5.45. The summed E-state index contributed by atoms with van der Waals surface area (Å²) in [6, 6.07) is 6.84. The number of carbonyl (C=O) groups excluding carboxylic acids is 1. The molecule has 3 aromatic rings. The van der Waals surface area contributed by atoms with Crippen LogP contribution in [0, 0.1) is 13.8 Å². The minimum absolute atomic E-state index is 0.298. The summed E-state index contributed by atoms with van der Waals surface area (Å²) in [7, 11) is 0. The third kappa shape index (κ3) is 4.00. The summed E-state index contributed by atoms with van der Waals surface area (Å²) in [6.45, 7) is 5.97. The molecule has 8 heteroatoms. The maximum absolute atomic E-state index is 11.8. The van der Waals surface area contributed by atoms with E-state index in [0.29, 0.717) is 28.8 Å². The highest BCUT2D eigenvalue weighted by molar-refractivity contribution is 7.15. The van der Waals surface area contributed by atoms with E-state index in [1.807, 2.05) is 19.9 Å². The summed E-state index contributed by atoms with van der Waals surface area (Å²) >= 11 is 7.78. The maximum Gasteiger partial charge on any atom is 0.339 e. The van der Waals surface area contributed by atoms with Crippen molar-refractivity contribution in [2.45, 2.75) is 20.8 Å². The Hall–Kier alpha value is -2.51. The summed E-state index contributed by atoms with van der Waals surface area (Å²) in [5, 5.41) is 4.40. The molecule has 0 aliphatic carbocycles. The molecule has 134 valence electrons. The van der Waals surface area contributed by atoms with Crippen LogP contribution in [0.15, 0.2) is 30.5 Å². The number of hydrogen-bond acceptors (Lipinski definition) is 7. The van der Waals surface area contributed by atoms with Gasteiger partial charge in [-0.25, -0.2) is 19.7 Å². The molecule has 1 aromatic carbocycles. The highest BCUT2D eigenvalue weighted by Crippen LogP contribution is 2.29. The van der Waals surface area contributed by atoms with Crippen molar-refractivity contribution in [3.8, 4) is 10.6 Å². The highest BCUT2D eigenvalue weighted by Gasteiger charge is 2.13. The predicted molar refractivity (Wildman–Crippen MR) is 103 cm³/mol. The van der Waals surface area contributed by atoms with Crippen LogP contribution in [0.25, 0.3) is 10.6 Å². The fourth-order valence-corrected chi connectivity index (χ4v) is 3.56. The zero-order valence-electron chi connectivity index (χ0n) is 14.5. The van der Waals surface area contributed by atoms with Crippen molar-refractivity contribution in [1.82, 2.24) is 15.0 Å².